The van der Waals surface area contributed by atoms with Gasteiger partial charge in [0.15, 0.2) is 5.78 Å². The molecule has 0 saturated carbocycles. The van der Waals surface area contributed by atoms with Crippen LogP contribution in [0, 0.1) is 6.92 Å². The summed E-state index contributed by atoms with van der Waals surface area (Å²) in [5.74, 6) is 0.116. The van der Waals surface area contributed by atoms with Gasteiger partial charge in [-0.3, -0.25) is 4.79 Å². The van der Waals surface area contributed by atoms with Crippen molar-refractivity contribution >= 4 is 5.78 Å². The number of allylic oxidation sites excluding steroid dienone is 1. The first-order valence-corrected chi connectivity index (χ1v) is 4.36. The molecule has 0 N–H and O–H groups in total. The van der Waals surface area contributed by atoms with Crippen LogP contribution in [0.25, 0.3) is 0 Å². The third-order valence-corrected chi connectivity index (χ3v) is 2.12. The summed E-state index contributed by atoms with van der Waals surface area (Å²) in [5, 5.41) is 0. The molecule has 1 aromatic carbocycles. The Balaban J connectivity index is 3.10. The number of carbonyl (C=O) groups excluding carboxylic acids is 1. The van der Waals surface area contributed by atoms with Crippen LogP contribution in [0.3, 0.4) is 0 Å². The van der Waals surface area contributed by atoms with Crippen LogP contribution in [-0.2, 0) is 6.42 Å². The van der Waals surface area contributed by atoms with E-state index in [1.165, 1.54) is 11.1 Å². The first-order valence-electron chi connectivity index (χ1n) is 4.36. The first-order chi connectivity index (χ1) is 6.15. The standard InChI is InChI=1S/C12H14O/c1-4-5-11-8-12(10(3)13)7-6-9(11)2/h4,6-8H,1,5H2,2-3H3. The zero-order valence-electron chi connectivity index (χ0n) is 8.13. The number of hydrogen-bond acceptors (Lipinski definition) is 1. The molecule has 1 nitrogen and oxygen atoms in total. The summed E-state index contributed by atoms with van der Waals surface area (Å²) in [5.41, 5.74) is 3.18. The van der Waals surface area contributed by atoms with Gasteiger partial charge in [0.05, 0.1) is 0 Å². The number of hydrogen-bond donors (Lipinski definition) is 0. The first kappa shape index (κ1) is 9.72. The maximum absolute atomic E-state index is 11.1. The Morgan fingerprint density at radius 1 is 1.54 bits per heavy atom. The summed E-state index contributed by atoms with van der Waals surface area (Å²) >= 11 is 0. The van der Waals surface area contributed by atoms with Crippen LogP contribution in [0.2, 0.25) is 0 Å². The van der Waals surface area contributed by atoms with Gasteiger partial charge in [0.1, 0.15) is 0 Å². The zero-order chi connectivity index (χ0) is 9.84. The van der Waals surface area contributed by atoms with Crippen molar-refractivity contribution in [2.45, 2.75) is 20.3 Å². The van der Waals surface area contributed by atoms with Crippen LogP contribution >= 0.6 is 0 Å². The van der Waals surface area contributed by atoms with Gasteiger partial charge in [0.2, 0.25) is 0 Å². The van der Waals surface area contributed by atoms with Crippen LogP contribution in [0.4, 0.5) is 0 Å². The molecular formula is C12H14O. The van der Waals surface area contributed by atoms with Crippen LogP contribution in [0.15, 0.2) is 30.9 Å². The lowest BCUT2D eigenvalue weighted by Gasteiger charge is -2.04. The van der Waals surface area contributed by atoms with Gasteiger partial charge in [-0.05, 0) is 37.5 Å². The van der Waals surface area contributed by atoms with Crippen molar-refractivity contribution in [3.8, 4) is 0 Å². The highest BCUT2D eigenvalue weighted by Crippen LogP contribution is 2.12. The maximum Gasteiger partial charge on any atom is 0.159 e. The Labute approximate surface area is 79.1 Å². The average Bonchev–Trinajstić information content (AvgIpc) is 2.08. The Hall–Kier alpha value is -1.37. The molecule has 68 valence electrons. The molecule has 1 heteroatoms. The summed E-state index contributed by atoms with van der Waals surface area (Å²) in [6, 6.07) is 5.79. The summed E-state index contributed by atoms with van der Waals surface area (Å²) in [6.07, 6.45) is 2.68. The lowest BCUT2D eigenvalue weighted by molar-refractivity contribution is 0.101. The highest BCUT2D eigenvalue weighted by Gasteiger charge is 2.02. The minimum absolute atomic E-state index is 0.116. The predicted octanol–water partition coefficient (Wildman–Crippen LogP) is 2.93. The van der Waals surface area contributed by atoms with E-state index in [0.29, 0.717) is 0 Å². The quantitative estimate of drug-likeness (QED) is 0.508. The zero-order valence-corrected chi connectivity index (χ0v) is 8.13. The number of ketones is 1. The van der Waals surface area contributed by atoms with Gasteiger partial charge in [0, 0.05) is 5.56 Å². The van der Waals surface area contributed by atoms with Gasteiger partial charge < -0.3 is 0 Å². The number of rotatable bonds is 3. The largest absolute Gasteiger partial charge is 0.295 e. The molecule has 1 aromatic rings. The third-order valence-electron chi connectivity index (χ3n) is 2.12. The molecular weight excluding hydrogens is 160 g/mol. The fraction of sp³-hybridized carbons (Fsp3) is 0.250. The second-order valence-electron chi connectivity index (χ2n) is 3.19. The smallest absolute Gasteiger partial charge is 0.159 e. The van der Waals surface area contributed by atoms with E-state index in [1.807, 2.05) is 31.2 Å². The molecule has 13 heavy (non-hydrogen) atoms. The van der Waals surface area contributed by atoms with Crippen molar-refractivity contribution in [3.05, 3.63) is 47.5 Å². The number of carbonyl (C=O) groups is 1. The van der Waals surface area contributed by atoms with Crippen molar-refractivity contribution in [2.75, 3.05) is 0 Å². The van der Waals surface area contributed by atoms with Gasteiger partial charge in [-0.15, -0.1) is 6.58 Å². The van der Waals surface area contributed by atoms with Gasteiger partial charge in [-0.1, -0.05) is 18.2 Å². The molecule has 0 amide bonds. The van der Waals surface area contributed by atoms with E-state index in [-0.39, 0.29) is 5.78 Å². The molecule has 0 spiro atoms. The third kappa shape index (κ3) is 2.28. The molecule has 0 bridgehead atoms. The Morgan fingerprint density at radius 2 is 2.23 bits per heavy atom. The van der Waals surface area contributed by atoms with Gasteiger partial charge >= 0.3 is 0 Å². The van der Waals surface area contributed by atoms with E-state index < -0.39 is 0 Å². The summed E-state index contributed by atoms with van der Waals surface area (Å²) in [6.45, 7) is 7.32. The minimum atomic E-state index is 0.116. The van der Waals surface area contributed by atoms with Crippen LogP contribution in [0.5, 0.6) is 0 Å². The summed E-state index contributed by atoms with van der Waals surface area (Å²) in [4.78, 5) is 11.1. The topological polar surface area (TPSA) is 17.1 Å². The lowest BCUT2D eigenvalue weighted by atomic mass is 10.0. The van der Waals surface area contributed by atoms with Gasteiger partial charge in [0.25, 0.3) is 0 Å². The predicted molar refractivity (Wildman–Crippen MR) is 55.1 cm³/mol. The van der Waals surface area contributed by atoms with E-state index in [0.717, 1.165) is 12.0 Å². The number of aryl methyl sites for hydroxylation is 1. The monoisotopic (exact) mass is 174 g/mol. The molecule has 0 aromatic heterocycles. The van der Waals surface area contributed by atoms with Crippen LogP contribution < -0.4 is 0 Å². The molecule has 0 fully saturated rings. The van der Waals surface area contributed by atoms with E-state index in [4.69, 9.17) is 0 Å². The van der Waals surface area contributed by atoms with Crippen molar-refractivity contribution in [1.82, 2.24) is 0 Å². The van der Waals surface area contributed by atoms with E-state index >= 15 is 0 Å². The second-order valence-corrected chi connectivity index (χ2v) is 3.19. The van der Waals surface area contributed by atoms with Crippen molar-refractivity contribution in [2.24, 2.45) is 0 Å². The SMILES string of the molecule is C=CCc1cc(C(C)=O)ccc1C. The van der Waals surface area contributed by atoms with Crippen molar-refractivity contribution < 1.29 is 4.79 Å². The fourth-order valence-corrected chi connectivity index (χ4v) is 1.27. The van der Waals surface area contributed by atoms with E-state index in [9.17, 15) is 4.79 Å². The fourth-order valence-electron chi connectivity index (χ4n) is 1.27. The van der Waals surface area contributed by atoms with Crippen LogP contribution in [0.1, 0.15) is 28.4 Å². The molecule has 0 heterocycles. The highest BCUT2D eigenvalue weighted by molar-refractivity contribution is 5.94. The number of benzene rings is 1. The average molecular weight is 174 g/mol. The molecule has 1 rings (SSSR count). The summed E-state index contributed by atoms with van der Waals surface area (Å²) < 4.78 is 0. The normalized spacial score (nSPS) is 9.69. The van der Waals surface area contributed by atoms with Crippen LogP contribution in [-0.4, -0.2) is 5.78 Å². The molecule has 0 aliphatic heterocycles. The second kappa shape index (κ2) is 4.04. The lowest BCUT2D eigenvalue weighted by Crippen LogP contribution is -1.95. The molecule has 0 atom stereocenters. The summed E-state index contributed by atoms with van der Waals surface area (Å²) in [7, 11) is 0. The maximum atomic E-state index is 11.1. The van der Waals surface area contributed by atoms with Gasteiger partial charge in [-0.2, -0.15) is 0 Å². The number of Topliss-reactive ketones (excluding diaryl/α,β-unsaturated/α-hetero) is 1. The molecule has 0 saturated heterocycles. The minimum Gasteiger partial charge on any atom is -0.295 e. The van der Waals surface area contributed by atoms with Crippen molar-refractivity contribution in [3.63, 3.8) is 0 Å². The Morgan fingerprint density at radius 3 is 2.77 bits per heavy atom. The Kier molecular flexibility index (Phi) is 3.02. The molecule has 0 aliphatic rings. The molecule has 0 aliphatic carbocycles. The van der Waals surface area contributed by atoms with Gasteiger partial charge in [-0.25, -0.2) is 0 Å². The molecule has 0 unspecified atom stereocenters. The molecule has 0 radical (unpaired) electrons. The highest BCUT2D eigenvalue weighted by atomic mass is 16.1. The van der Waals surface area contributed by atoms with Crippen molar-refractivity contribution in [1.29, 1.82) is 0 Å². The Bertz CT molecular complexity index is 337. The van der Waals surface area contributed by atoms with E-state index in [1.54, 1.807) is 6.92 Å². The van der Waals surface area contributed by atoms with E-state index in [2.05, 4.69) is 6.58 Å².